The van der Waals surface area contributed by atoms with E-state index in [1.807, 2.05) is 4.68 Å². The number of thiazole rings is 1. The Kier molecular flexibility index (Phi) is 7.07. The molecular weight excluding hydrogens is 420 g/mol. The summed E-state index contributed by atoms with van der Waals surface area (Å²) in [4.78, 5) is 15.8. The predicted molar refractivity (Wildman–Crippen MR) is 130 cm³/mol. The van der Waals surface area contributed by atoms with Crippen molar-refractivity contribution in [2.45, 2.75) is 38.0 Å². The molecule has 0 spiro atoms. The molecule has 0 atom stereocenters. The molecule has 7 heteroatoms. The average Bonchev–Trinajstić information content (AvgIpc) is 3.25. The average molecular weight is 447 g/mol. The lowest BCUT2D eigenvalue weighted by Crippen LogP contribution is -2.12. The number of benzene rings is 2. The normalized spacial score (nSPS) is 15.3. The molecule has 0 aliphatic heterocycles. The first kappa shape index (κ1) is 21.9. The van der Waals surface area contributed by atoms with Crippen molar-refractivity contribution in [3.8, 4) is 11.3 Å². The van der Waals surface area contributed by atoms with Crippen LogP contribution in [0, 0.1) is 10.1 Å². The molecule has 0 radical (unpaired) electrons. The van der Waals surface area contributed by atoms with E-state index in [4.69, 9.17) is 0 Å². The van der Waals surface area contributed by atoms with Crippen molar-refractivity contribution in [3.63, 3.8) is 0 Å². The van der Waals surface area contributed by atoms with E-state index >= 15 is 0 Å². The monoisotopic (exact) mass is 446 g/mol. The molecule has 2 aromatic carbocycles. The van der Waals surface area contributed by atoms with Crippen molar-refractivity contribution >= 4 is 23.2 Å². The lowest BCUT2D eigenvalue weighted by atomic mass is 9.84. The number of hydrogen-bond acceptors (Lipinski definition) is 5. The van der Waals surface area contributed by atoms with Gasteiger partial charge in [-0.25, -0.2) is 4.68 Å². The van der Waals surface area contributed by atoms with Gasteiger partial charge in [-0.05, 0) is 42.0 Å². The van der Waals surface area contributed by atoms with Crippen LogP contribution in [0.5, 0.6) is 0 Å². The minimum absolute atomic E-state index is 0.0609. The van der Waals surface area contributed by atoms with Gasteiger partial charge < -0.3 is 0 Å². The maximum absolute atomic E-state index is 10.9. The summed E-state index contributed by atoms with van der Waals surface area (Å²) in [5, 5.41) is 17.6. The summed E-state index contributed by atoms with van der Waals surface area (Å²) in [6.45, 7) is 4.26. The molecule has 0 saturated heterocycles. The van der Waals surface area contributed by atoms with Crippen molar-refractivity contribution < 1.29 is 4.92 Å². The van der Waals surface area contributed by atoms with E-state index < -0.39 is 4.92 Å². The summed E-state index contributed by atoms with van der Waals surface area (Å²) in [6, 6.07) is 15.2. The Morgan fingerprint density at radius 3 is 2.47 bits per heavy atom. The van der Waals surface area contributed by atoms with Gasteiger partial charge in [0.2, 0.25) is 4.80 Å². The first-order valence-electron chi connectivity index (χ1n) is 10.9. The van der Waals surface area contributed by atoms with E-state index in [0.717, 1.165) is 21.6 Å². The Balaban J connectivity index is 1.64. The fraction of sp³-hybridized carbons (Fsp3) is 0.280. The molecule has 0 N–H and O–H groups in total. The van der Waals surface area contributed by atoms with E-state index in [9.17, 15) is 10.1 Å². The number of nitro benzene ring substituents is 1. The number of rotatable bonds is 7. The third-order valence-electron chi connectivity index (χ3n) is 5.75. The van der Waals surface area contributed by atoms with Crippen molar-refractivity contribution in [3.05, 3.63) is 92.6 Å². The van der Waals surface area contributed by atoms with E-state index in [1.165, 1.54) is 61.1 Å². The molecule has 0 bridgehead atoms. The molecule has 1 aromatic heterocycles. The third kappa shape index (κ3) is 5.11. The van der Waals surface area contributed by atoms with Crippen molar-refractivity contribution in [1.82, 2.24) is 4.68 Å². The summed E-state index contributed by atoms with van der Waals surface area (Å²) in [5.41, 5.74) is 4.31. The zero-order chi connectivity index (χ0) is 22.3. The quantitative estimate of drug-likeness (QED) is 0.189. The molecule has 0 unspecified atom stereocenters. The van der Waals surface area contributed by atoms with E-state index in [1.54, 1.807) is 24.4 Å². The van der Waals surface area contributed by atoms with Crippen LogP contribution in [-0.2, 0) is 0 Å². The molecule has 32 heavy (non-hydrogen) atoms. The Morgan fingerprint density at radius 2 is 1.81 bits per heavy atom. The van der Waals surface area contributed by atoms with Crippen molar-refractivity contribution in [2.24, 2.45) is 10.1 Å². The Morgan fingerprint density at radius 1 is 1.09 bits per heavy atom. The third-order valence-corrected chi connectivity index (χ3v) is 6.60. The van der Waals surface area contributed by atoms with Gasteiger partial charge in [0.25, 0.3) is 5.69 Å². The zero-order valence-electron chi connectivity index (χ0n) is 17.9. The second-order valence-corrected chi connectivity index (χ2v) is 8.73. The van der Waals surface area contributed by atoms with Gasteiger partial charge in [0.05, 0.1) is 23.4 Å². The highest BCUT2D eigenvalue weighted by Gasteiger charge is 2.16. The SMILES string of the molecule is C=CCN=c1scc(-c2ccc(C3CCCCC3)cc2)n1N=Cc1ccc([N+](=O)[O-])cc1. The highest BCUT2D eigenvalue weighted by molar-refractivity contribution is 7.07. The molecule has 1 aliphatic carbocycles. The van der Waals surface area contributed by atoms with Gasteiger partial charge in [-0.15, -0.1) is 17.9 Å². The van der Waals surface area contributed by atoms with Gasteiger partial charge in [-0.3, -0.25) is 15.1 Å². The number of aromatic nitrogens is 1. The van der Waals surface area contributed by atoms with Crippen molar-refractivity contribution in [1.29, 1.82) is 0 Å². The first-order valence-corrected chi connectivity index (χ1v) is 11.7. The van der Waals surface area contributed by atoms with Crippen LogP contribution in [0.1, 0.15) is 49.1 Å². The van der Waals surface area contributed by atoms with Crippen molar-refractivity contribution in [2.75, 3.05) is 6.54 Å². The molecule has 1 heterocycles. The molecule has 0 amide bonds. The summed E-state index contributed by atoms with van der Waals surface area (Å²) in [7, 11) is 0. The second kappa shape index (κ2) is 10.3. The molecule has 4 rings (SSSR count). The molecule has 164 valence electrons. The summed E-state index contributed by atoms with van der Waals surface area (Å²) >= 11 is 1.53. The lowest BCUT2D eigenvalue weighted by molar-refractivity contribution is -0.384. The fourth-order valence-electron chi connectivity index (χ4n) is 4.03. The van der Waals surface area contributed by atoms with Crippen LogP contribution in [0.4, 0.5) is 5.69 Å². The molecule has 1 fully saturated rings. The molecule has 6 nitrogen and oxygen atoms in total. The standard InChI is InChI=1S/C25H26N4O2S/c1-2-16-26-25-28(27-17-19-8-14-23(15-9-19)29(30)31)24(18-32-25)22-12-10-21(11-13-22)20-6-4-3-5-7-20/h2,8-15,17-18,20H,1,3-7,16H2. The van der Waals surface area contributed by atoms with Gasteiger partial charge in [0.15, 0.2) is 0 Å². The first-order chi connectivity index (χ1) is 15.7. The van der Waals surface area contributed by atoms with E-state index in [2.05, 4.69) is 46.3 Å². The number of hydrogen-bond donors (Lipinski definition) is 0. The Bertz CT molecular complexity index is 1170. The van der Waals surface area contributed by atoms with Gasteiger partial charge in [-0.2, -0.15) is 5.10 Å². The highest BCUT2D eigenvalue weighted by atomic mass is 32.1. The van der Waals surface area contributed by atoms with Gasteiger partial charge in [0, 0.05) is 23.1 Å². The molecule has 1 saturated carbocycles. The summed E-state index contributed by atoms with van der Waals surface area (Å²) < 4.78 is 1.82. The smallest absolute Gasteiger partial charge is 0.258 e. The van der Waals surface area contributed by atoms with Gasteiger partial charge in [-0.1, -0.05) is 49.6 Å². The van der Waals surface area contributed by atoms with Gasteiger partial charge in [0.1, 0.15) is 0 Å². The van der Waals surface area contributed by atoms with Gasteiger partial charge >= 0.3 is 0 Å². The highest BCUT2D eigenvalue weighted by Crippen LogP contribution is 2.33. The largest absolute Gasteiger partial charge is 0.269 e. The predicted octanol–water partition coefficient (Wildman–Crippen LogP) is 6.14. The second-order valence-electron chi connectivity index (χ2n) is 7.89. The van der Waals surface area contributed by atoms with Crippen LogP contribution in [0.3, 0.4) is 0 Å². The van der Waals surface area contributed by atoms with Crippen LogP contribution in [0.2, 0.25) is 0 Å². The lowest BCUT2D eigenvalue weighted by Gasteiger charge is -2.22. The van der Waals surface area contributed by atoms with E-state index in [0.29, 0.717) is 12.5 Å². The van der Waals surface area contributed by atoms with Crippen LogP contribution >= 0.6 is 11.3 Å². The van der Waals surface area contributed by atoms with Crippen LogP contribution in [0.15, 0.2) is 76.7 Å². The topological polar surface area (TPSA) is 72.8 Å². The summed E-state index contributed by atoms with van der Waals surface area (Å²) in [5.74, 6) is 0.672. The van der Waals surface area contributed by atoms with E-state index in [-0.39, 0.29) is 5.69 Å². The zero-order valence-corrected chi connectivity index (χ0v) is 18.7. The number of nitrogens with zero attached hydrogens (tertiary/aromatic N) is 4. The fourth-order valence-corrected chi connectivity index (χ4v) is 4.88. The Labute approximate surface area is 191 Å². The molecule has 1 aliphatic rings. The number of non-ortho nitro benzene ring substituents is 1. The van der Waals surface area contributed by atoms with Crippen LogP contribution in [0.25, 0.3) is 11.3 Å². The van der Waals surface area contributed by atoms with Crippen LogP contribution < -0.4 is 4.80 Å². The molecular formula is C25H26N4O2S. The maximum Gasteiger partial charge on any atom is 0.269 e. The Hall–Kier alpha value is -3.32. The minimum atomic E-state index is -0.407. The number of nitro groups is 1. The van der Waals surface area contributed by atoms with Crippen LogP contribution in [-0.4, -0.2) is 22.4 Å². The summed E-state index contributed by atoms with van der Waals surface area (Å²) in [6.07, 6.45) is 10.0. The molecule has 3 aromatic rings. The maximum atomic E-state index is 10.9. The minimum Gasteiger partial charge on any atom is -0.258 e.